The van der Waals surface area contributed by atoms with Crippen LogP contribution in [0.5, 0.6) is 0 Å². The molecule has 8 nitrogen and oxygen atoms in total. The Morgan fingerprint density at radius 3 is 2.51 bits per heavy atom. The Hall–Kier alpha value is -3.46. The van der Waals surface area contributed by atoms with Gasteiger partial charge in [0.15, 0.2) is 16.6 Å². The molecule has 1 saturated heterocycles. The number of thioether (sulfide) groups is 1. The van der Waals surface area contributed by atoms with Crippen LogP contribution in [0.4, 0.5) is 0 Å². The number of hydrogen-bond acceptors (Lipinski definition) is 6. The van der Waals surface area contributed by atoms with Crippen LogP contribution in [0.3, 0.4) is 0 Å². The lowest BCUT2D eigenvalue weighted by molar-refractivity contribution is -0.130. The van der Waals surface area contributed by atoms with Crippen LogP contribution >= 0.6 is 11.8 Å². The first-order valence-corrected chi connectivity index (χ1v) is 13.9. The number of imidazole rings is 1. The van der Waals surface area contributed by atoms with Gasteiger partial charge in [0.05, 0.1) is 22.3 Å². The first kappa shape index (κ1) is 23.9. The van der Waals surface area contributed by atoms with Crippen molar-refractivity contribution in [2.45, 2.75) is 45.3 Å². The number of piperidine rings is 1. The molecule has 1 aliphatic rings. The van der Waals surface area contributed by atoms with Crippen molar-refractivity contribution >= 4 is 45.3 Å². The van der Waals surface area contributed by atoms with Gasteiger partial charge in [-0.2, -0.15) is 4.52 Å². The van der Waals surface area contributed by atoms with Gasteiger partial charge in [-0.3, -0.25) is 4.79 Å². The molecule has 0 bridgehead atoms. The number of nitrogens with zero attached hydrogens (tertiary/aromatic N) is 7. The van der Waals surface area contributed by atoms with E-state index in [1.54, 1.807) is 0 Å². The van der Waals surface area contributed by atoms with E-state index in [2.05, 4.69) is 29.5 Å². The molecule has 6 rings (SSSR count). The van der Waals surface area contributed by atoms with Crippen LogP contribution in [-0.4, -0.2) is 58.8 Å². The van der Waals surface area contributed by atoms with Crippen molar-refractivity contribution in [3.63, 3.8) is 0 Å². The Kier molecular flexibility index (Phi) is 6.32. The Morgan fingerprint density at radius 2 is 1.70 bits per heavy atom. The van der Waals surface area contributed by atoms with Crippen LogP contribution in [0, 0.1) is 18.8 Å². The number of carbonyl (C=O) groups is 1. The monoisotopic (exact) mass is 513 g/mol. The maximum atomic E-state index is 13.1. The van der Waals surface area contributed by atoms with Gasteiger partial charge in [0.2, 0.25) is 5.91 Å². The second-order valence-electron chi connectivity index (χ2n) is 10.3. The van der Waals surface area contributed by atoms with Gasteiger partial charge < -0.3 is 9.47 Å². The predicted molar refractivity (Wildman–Crippen MR) is 147 cm³/mol. The molecule has 0 radical (unpaired) electrons. The van der Waals surface area contributed by atoms with E-state index in [-0.39, 0.29) is 5.91 Å². The second kappa shape index (κ2) is 9.78. The molecule has 0 spiro atoms. The summed E-state index contributed by atoms with van der Waals surface area (Å²) in [6, 6.07) is 16.2. The lowest BCUT2D eigenvalue weighted by Crippen LogP contribution is -2.43. The topological polar surface area (TPSA) is 81.2 Å². The lowest BCUT2D eigenvalue weighted by atomic mass is 9.92. The van der Waals surface area contributed by atoms with E-state index in [0.717, 1.165) is 58.9 Å². The van der Waals surface area contributed by atoms with Crippen molar-refractivity contribution in [3.05, 3.63) is 60.2 Å². The molecular formula is C28H31N7OS. The fourth-order valence-electron chi connectivity index (χ4n) is 5.55. The molecule has 0 N–H and O–H groups in total. The standard InChI is InChI=1S/C28H31N7OS/c1-18-14-19(2)16-33(15-18)26(36)17-37-28-30-22-9-5-4-8-21(22)27-31-25(32-35(27)28)12-13-34-20(3)29-23-10-6-7-11-24(23)34/h4-11,18-19H,12-17H2,1-3H3/t18-,19-/m0/s1. The van der Waals surface area contributed by atoms with Gasteiger partial charge in [0, 0.05) is 31.4 Å². The molecule has 9 heteroatoms. The molecule has 0 saturated carbocycles. The average molecular weight is 514 g/mol. The van der Waals surface area contributed by atoms with Crippen molar-refractivity contribution in [1.29, 1.82) is 0 Å². The molecule has 37 heavy (non-hydrogen) atoms. The third kappa shape index (κ3) is 4.68. The normalized spacial score (nSPS) is 18.3. The second-order valence-corrected chi connectivity index (χ2v) is 11.2. The highest BCUT2D eigenvalue weighted by Crippen LogP contribution is 2.26. The van der Waals surface area contributed by atoms with Crippen LogP contribution < -0.4 is 0 Å². The number of amides is 1. The highest BCUT2D eigenvalue weighted by Gasteiger charge is 2.26. The highest BCUT2D eigenvalue weighted by molar-refractivity contribution is 7.99. The smallest absolute Gasteiger partial charge is 0.233 e. The van der Waals surface area contributed by atoms with Gasteiger partial charge >= 0.3 is 0 Å². The third-order valence-electron chi connectivity index (χ3n) is 7.14. The number of carbonyl (C=O) groups excluding carboxylic acids is 1. The fraction of sp³-hybridized carbons (Fsp3) is 0.393. The SMILES string of the molecule is Cc1nc2ccccc2n1CCc1nc2c3ccccc3nc(SCC(=O)N3C[C@@H](C)C[C@H](C)C3)n2n1. The number of hydrogen-bond donors (Lipinski definition) is 0. The van der Waals surface area contributed by atoms with E-state index in [0.29, 0.717) is 29.2 Å². The molecular weight excluding hydrogens is 482 g/mol. The first-order valence-electron chi connectivity index (χ1n) is 12.9. The van der Waals surface area contributed by atoms with Crippen molar-refractivity contribution < 1.29 is 4.79 Å². The number of para-hydroxylation sites is 3. The Bertz CT molecular complexity index is 1600. The number of rotatable bonds is 6. The minimum Gasteiger partial charge on any atom is -0.341 e. The highest BCUT2D eigenvalue weighted by atomic mass is 32.2. The van der Waals surface area contributed by atoms with E-state index in [1.165, 1.54) is 18.2 Å². The first-order chi connectivity index (χ1) is 18.0. The number of fused-ring (bicyclic) bond motifs is 4. The maximum absolute atomic E-state index is 13.1. The van der Waals surface area contributed by atoms with Gasteiger partial charge in [0.25, 0.3) is 0 Å². The van der Waals surface area contributed by atoms with Gasteiger partial charge in [-0.25, -0.2) is 15.0 Å². The molecule has 2 aromatic carbocycles. The molecule has 0 aliphatic carbocycles. The van der Waals surface area contributed by atoms with Gasteiger partial charge in [0.1, 0.15) is 5.82 Å². The average Bonchev–Trinajstić information content (AvgIpc) is 3.46. The largest absolute Gasteiger partial charge is 0.341 e. The molecule has 0 unspecified atom stereocenters. The van der Waals surface area contributed by atoms with E-state index >= 15 is 0 Å². The quantitative estimate of drug-likeness (QED) is 0.240. The Labute approximate surface area is 220 Å². The minimum atomic E-state index is 0.161. The van der Waals surface area contributed by atoms with E-state index in [9.17, 15) is 4.79 Å². The summed E-state index contributed by atoms with van der Waals surface area (Å²) in [6.45, 7) is 8.89. The zero-order valence-electron chi connectivity index (χ0n) is 21.5. The summed E-state index contributed by atoms with van der Waals surface area (Å²) >= 11 is 1.45. The van der Waals surface area contributed by atoms with E-state index < -0.39 is 0 Å². The maximum Gasteiger partial charge on any atom is 0.233 e. The van der Waals surface area contributed by atoms with Gasteiger partial charge in [-0.15, -0.1) is 5.10 Å². The Morgan fingerprint density at radius 1 is 0.973 bits per heavy atom. The van der Waals surface area contributed by atoms with Crippen LogP contribution in [0.25, 0.3) is 27.6 Å². The zero-order chi connectivity index (χ0) is 25.5. The summed E-state index contributed by atoms with van der Waals surface area (Å²) in [5, 5.41) is 6.51. The Balaban J connectivity index is 1.28. The summed E-state index contributed by atoms with van der Waals surface area (Å²) in [4.78, 5) is 29.5. The summed E-state index contributed by atoms with van der Waals surface area (Å²) < 4.78 is 4.03. The molecule has 4 heterocycles. The molecule has 2 atom stereocenters. The minimum absolute atomic E-state index is 0.161. The molecule has 1 aliphatic heterocycles. The molecule has 5 aromatic rings. The van der Waals surface area contributed by atoms with Crippen LogP contribution in [0.2, 0.25) is 0 Å². The molecule has 1 fully saturated rings. The van der Waals surface area contributed by atoms with Crippen LogP contribution in [0.15, 0.2) is 53.7 Å². The third-order valence-corrected chi connectivity index (χ3v) is 8.06. The summed E-state index contributed by atoms with van der Waals surface area (Å²) in [6.07, 6.45) is 1.85. The van der Waals surface area contributed by atoms with Crippen molar-refractivity contribution in [3.8, 4) is 0 Å². The summed E-state index contributed by atoms with van der Waals surface area (Å²) in [5.41, 5.74) is 3.76. The predicted octanol–water partition coefficient (Wildman–Crippen LogP) is 4.77. The van der Waals surface area contributed by atoms with Crippen LogP contribution in [0.1, 0.15) is 31.9 Å². The summed E-state index contributed by atoms with van der Waals surface area (Å²) in [7, 11) is 0. The zero-order valence-corrected chi connectivity index (χ0v) is 22.3. The van der Waals surface area contributed by atoms with Crippen LogP contribution in [-0.2, 0) is 17.8 Å². The number of aryl methyl sites for hydroxylation is 3. The summed E-state index contributed by atoms with van der Waals surface area (Å²) in [5.74, 6) is 3.31. The van der Waals surface area contributed by atoms with E-state index in [1.807, 2.05) is 58.8 Å². The van der Waals surface area contributed by atoms with E-state index in [4.69, 9.17) is 15.1 Å². The molecule has 3 aromatic heterocycles. The molecule has 1 amide bonds. The number of aromatic nitrogens is 6. The number of benzene rings is 2. The lowest BCUT2D eigenvalue weighted by Gasteiger charge is -2.34. The van der Waals surface area contributed by atoms with Crippen molar-refractivity contribution in [2.24, 2.45) is 11.8 Å². The molecule has 190 valence electrons. The van der Waals surface area contributed by atoms with Gasteiger partial charge in [-0.1, -0.05) is 49.9 Å². The van der Waals surface area contributed by atoms with Crippen molar-refractivity contribution in [2.75, 3.05) is 18.8 Å². The number of likely N-dealkylation sites (tertiary alicyclic amines) is 1. The fourth-order valence-corrected chi connectivity index (χ4v) is 6.39. The van der Waals surface area contributed by atoms with Crippen molar-refractivity contribution in [1.82, 2.24) is 34.0 Å². The van der Waals surface area contributed by atoms with Gasteiger partial charge in [-0.05, 0) is 49.4 Å².